The van der Waals surface area contributed by atoms with Crippen molar-refractivity contribution < 1.29 is 3.53 Å². The van der Waals surface area contributed by atoms with Crippen molar-refractivity contribution in [3.8, 4) is 0 Å². The van der Waals surface area contributed by atoms with Crippen molar-refractivity contribution >= 4 is 19.0 Å². The summed E-state index contributed by atoms with van der Waals surface area (Å²) in [7, 11) is 0. The second-order valence-electron chi connectivity index (χ2n) is 2.04. The van der Waals surface area contributed by atoms with Crippen LogP contribution in [0.4, 0.5) is 0 Å². The van der Waals surface area contributed by atoms with E-state index in [0.717, 1.165) is 0 Å². The van der Waals surface area contributed by atoms with Gasteiger partial charge >= 0.3 is 54.3 Å². The van der Waals surface area contributed by atoms with Gasteiger partial charge in [-0.2, -0.15) is 0 Å². The predicted octanol–water partition coefficient (Wildman–Crippen LogP) is 1.03. The molecule has 38 valence electrons. The zero-order valence-electron chi connectivity index (χ0n) is 4.39. The topological polar surface area (TPSA) is 9.23 Å². The molecular formula is C5H9GaO. The summed E-state index contributed by atoms with van der Waals surface area (Å²) in [5.74, 6) is 0. The van der Waals surface area contributed by atoms with Crippen LogP contribution in [-0.2, 0) is 3.53 Å². The third-order valence-electron chi connectivity index (χ3n) is 1.49. The van der Waals surface area contributed by atoms with Gasteiger partial charge in [0.25, 0.3) is 0 Å². The molecule has 1 rings (SSSR count). The van der Waals surface area contributed by atoms with Gasteiger partial charge in [-0.1, -0.05) is 0 Å². The van der Waals surface area contributed by atoms with Crippen molar-refractivity contribution in [2.45, 2.75) is 31.8 Å². The maximum absolute atomic E-state index is 5.17. The summed E-state index contributed by atoms with van der Waals surface area (Å²) in [4.78, 5) is 0. The van der Waals surface area contributed by atoms with Gasteiger partial charge in [0.1, 0.15) is 0 Å². The Morgan fingerprint density at radius 2 is 1.86 bits per heavy atom. The van der Waals surface area contributed by atoms with Crippen molar-refractivity contribution in [1.29, 1.82) is 0 Å². The molecule has 2 heteroatoms. The number of hydrogen-bond acceptors (Lipinski definition) is 1. The normalized spacial score (nSPS) is 23.4. The van der Waals surface area contributed by atoms with Gasteiger partial charge in [0.05, 0.1) is 0 Å². The van der Waals surface area contributed by atoms with Crippen molar-refractivity contribution in [3.63, 3.8) is 0 Å². The zero-order chi connectivity index (χ0) is 5.11. The number of hydrogen-bond donors (Lipinski definition) is 0. The molecule has 0 saturated heterocycles. The molecule has 0 aromatic rings. The fourth-order valence-electron chi connectivity index (χ4n) is 1.02. The van der Waals surface area contributed by atoms with E-state index in [2.05, 4.69) is 0 Å². The van der Waals surface area contributed by atoms with E-state index in [4.69, 9.17) is 3.53 Å². The Balaban J connectivity index is 2.14. The second-order valence-corrected chi connectivity index (χ2v) is 2.61. The molecule has 0 spiro atoms. The van der Waals surface area contributed by atoms with Gasteiger partial charge in [0, 0.05) is 0 Å². The average molecular weight is 155 g/mol. The third kappa shape index (κ3) is 1.51. The van der Waals surface area contributed by atoms with Crippen molar-refractivity contribution in [3.05, 3.63) is 0 Å². The Morgan fingerprint density at radius 1 is 1.29 bits per heavy atom. The average Bonchev–Trinajstić information content (AvgIpc) is 2.14. The van der Waals surface area contributed by atoms with Crippen LogP contribution >= 0.6 is 0 Å². The van der Waals surface area contributed by atoms with Crippen molar-refractivity contribution in [2.75, 3.05) is 0 Å². The predicted molar refractivity (Wildman–Crippen MR) is 29.1 cm³/mol. The van der Waals surface area contributed by atoms with E-state index in [0.29, 0.717) is 6.10 Å². The first-order chi connectivity index (χ1) is 3.43. The van der Waals surface area contributed by atoms with Gasteiger partial charge in [0.2, 0.25) is 0 Å². The zero-order valence-corrected chi connectivity index (χ0v) is 6.81. The monoisotopic (exact) mass is 154 g/mol. The molecule has 1 nitrogen and oxygen atoms in total. The van der Waals surface area contributed by atoms with Gasteiger partial charge in [-0.3, -0.25) is 0 Å². The molecule has 1 aliphatic carbocycles. The minimum atomic E-state index is 0.625. The van der Waals surface area contributed by atoms with Crippen LogP contribution in [0.15, 0.2) is 0 Å². The first-order valence-electron chi connectivity index (χ1n) is 2.79. The van der Waals surface area contributed by atoms with Crippen LogP contribution in [0.2, 0.25) is 0 Å². The van der Waals surface area contributed by atoms with E-state index >= 15 is 0 Å². The fourth-order valence-corrected chi connectivity index (χ4v) is 1.60. The van der Waals surface area contributed by atoms with E-state index in [1.807, 2.05) is 0 Å². The van der Waals surface area contributed by atoms with E-state index in [1.165, 1.54) is 44.6 Å². The van der Waals surface area contributed by atoms with E-state index in [-0.39, 0.29) is 0 Å². The Hall–Kier alpha value is 0.596. The first-order valence-corrected chi connectivity index (χ1v) is 3.78. The molecule has 0 aromatic heterocycles. The minimum absolute atomic E-state index is 0.625. The third-order valence-corrected chi connectivity index (χ3v) is 2.30. The standard InChI is InChI=1S/C5H9O.Ga/c6-5-3-1-2-4-5;/h5H,1-4H2;/q-1;+1. The van der Waals surface area contributed by atoms with E-state index in [9.17, 15) is 0 Å². The molecular weight excluding hydrogens is 146 g/mol. The molecule has 0 aliphatic heterocycles. The van der Waals surface area contributed by atoms with Crippen molar-refractivity contribution in [2.24, 2.45) is 0 Å². The Labute approximate surface area is 54.8 Å². The molecule has 1 fully saturated rings. The second kappa shape index (κ2) is 2.80. The van der Waals surface area contributed by atoms with Gasteiger partial charge in [-0.05, 0) is 0 Å². The van der Waals surface area contributed by atoms with Crippen LogP contribution < -0.4 is 0 Å². The van der Waals surface area contributed by atoms with Gasteiger partial charge in [-0.25, -0.2) is 0 Å². The van der Waals surface area contributed by atoms with Crippen LogP contribution in [-0.4, -0.2) is 25.1 Å². The molecule has 0 bridgehead atoms. The van der Waals surface area contributed by atoms with Crippen LogP contribution in [0.25, 0.3) is 0 Å². The molecule has 0 unspecified atom stereocenters. The van der Waals surface area contributed by atoms with Gasteiger partial charge in [0.15, 0.2) is 0 Å². The van der Waals surface area contributed by atoms with Gasteiger partial charge < -0.3 is 0 Å². The van der Waals surface area contributed by atoms with E-state index in [1.54, 1.807) is 0 Å². The van der Waals surface area contributed by atoms with Crippen LogP contribution in [0, 0.1) is 0 Å². The van der Waals surface area contributed by atoms with Gasteiger partial charge in [-0.15, -0.1) is 0 Å². The molecule has 0 N–H and O–H groups in total. The molecule has 0 heterocycles. The van der Waals surface area contributed by atoms with Crippen LogP contribution in [0.1, 0.15) is 25.7 Å². The molecule has 1 aliphatic rings. The molecule has 7 heavy (non-hydrogen) atoms. The summed E-state index contributed by atoms with van der Waals surface area (Å²) in [5.41, 5.74) is 0. The molecule has 2 radical (unpaired) electrons. The molecule has 1 saturated carbocycles. The summed E-state index contributed by atoms with van der Waals surface area (Å²) < 4.78 is 5.17. The summed E-state index contributed by atoms with van der Waals surface area (Å²) in [6, 6.07) is 0. The summed E-state index contributed by atoms with van der Waals surface area (Å²) in [6.45, 7) is 0. The molecule has 0 amide bonds. The quantitative estimate of drug-likeness (QED) is 0.513. The first kappa shape index (κ1) is 5.73. The molecule has 0 aromatic carbocycles. The van der Waals surface area contributed by atoms with Crippen molar-refractivity contribution in [1.82, 2.24) is 0 Å². The number of rotatable bonds is 1. The summed E-state index contributed by atoms with van der Waals surface area (Å²) >= 11 is 1.41. The maximum atomic E-state index is 5.17. The SMILES string of the molecule is [Ga][O]C1CCCC1. The van der Waals surface area contributed by atoms with Crippen LogP contribution in [0.5, 0.6) is 0 Å². The summed E-state index contributed by atoms with van der Waals surface area (Å²) in [6.07, 6.45) is 6.00. The van der Waals surface area contributed by atoms with Crippen LogP contribution in [0.3, 0.4) is 0 Å². The Bertz CT molecular complexity index is 50.0. The molecule has 0 atom stereocenters. The fraction of sp³-hybridized carbons (Fsp3) is 1.00. The Kier molecular flexibility index (Phi) is 2.29. The Morgan fingerprint density at radius 3 is 2.14 bits per heavy atom. The van der Waals surface area contributed by atoms with E-state index < -0.39 is 0 Å². The summed E-state index contributed by atoms with van der Waals surface area (Å²) in [5, 5.41) is 0.